The number of rotatable bonds is 6. The zero-order valence-corrected chi connectivity index (χ0v) is 17.5. The first-order valence-electron chi connectivity index (χ1n) is 9.62. The molecule has 1 aliphatic heterocycles. The lowest BCUT2D eigenvalue weighted by atomic mass is 9.80. The second-order valence-electron chi connectivity index (χ2n) is 7.33. The predicted molar refractivity (Wildman–Crippen MR) is 107 cm³/mol. The number of hydrogen-bond donors (Lipinski definition) is 2. The number of nitrogens with two attached hydrogens (primary N) is 1. The minimum Gasteiger partial charge on any atom is -0.480 e. The molecule has 3 N–H and O–H groups in total. The number of carbonyl (C=O) groups excluding carboxylic acids is 1. The van der Waals surface area contributed by atoms with E-state index in [4.69, 9.17) is 10.5 Å². The number of nitrogens with one attached hydrogen (secondary N) is 1. The van der Waals surface area contributed by atoms with Gasteiger partial charge in [0.1, 0.15) is 17.1 Å². The van der Waals surface area contributed by atoms with Crippen molar-refractivity contribution in [1.82, 2.24) is 9.97 Å². The summed E-state index contributed by atoms with van der Waals surface area (Å²) in [6.45, 7) is 0.246. The van der Waals surface area contributed by atoms with Crippen LogP contribution >= 0.6 is 0 Å². The summed E-state index contributed by atoms with van der Waals surface area (Å²) in [4.78, 5) is 24.1. The number of hydrogen-bond acceptors (Lipinski definition) is 7. The molecule has 1 amide bonds. The number of alkyl halides is 4. The Balaban J connectivity index is 2.02. The molecule has 1 aliphatic rings. The maximum absolute atomic E-state index is 15.1. The zero-order valence-electron chi connectivity index (χ0n) is 17.5. The molecular weight excluding hydrogens is 453 g/mol. The Bertz CT molecular complexity index is 1060. The van der Waals surface area contributed by atoms with E-state index in [0.717, 1.165) is 12.3 Å². The number of anilines is 1. The third kappa shape index (κ3) is 5.12. The minimum absolute atomic E-state index is 0.00864. The predicted octanol–water partition coefficient (Wildman–Crippen LogP) is 3.41. The van der Waals surface area contributed by atoms with Crippen molar-refractivity contribution in [3.8, 4) is 5.88 Å². The number of aromatic nitrogens is 2. The van der Waals surface area contributed by atoms with Crippen LogP contribution in [0, 0.1) is 12.7 Å². The Morgan fingerprint density at radius 3 is 2.64 bits per heavy atom. The van der Waals surface area contributed by atoms with Crippen molar-refractivity contribution < 1.29 is 36.2 Å². The topological polar surface area (TPSA) is 112 Å². The van der Waals surface area contributed by atoms with Gasteiger partial charge in [0.25, 0.3) is 11.9 Å². The van der Waals surface area contributed by atoms with Gasteiger partial charge in [-0.3, -0.25) is 9.18 Å². The fourth-order valence-corrected chi connectivity index (χ4v) is 3.49. The monoisotopic (exact) mass is 473 g/mol. The van der Waals surface area contributed by atoms with Crippen LogP contribution in [0.1, 0.15) is 34.5 Å². The van der Waals surface area contributed by atoms with E-state index in [1.54, 1.807) is 0 Å². The van der Waals surface area contributed by atoms with Crippen LogP contribution < -0.4 is 15.8 Å². The van der Waals surface area contributed by atoms with E-state index in [-0.39, 0.29) is 28.4 Å². The lowest BCUT2D eigenvalue weighted by Crippen LogP contribution is -2.47. The van der Waals surface area contributed by atoms with Crippen molar-refractivity contribution >= 4 is 17.6 Å². The molecule has 8 nitrogen and oxygen atoms in total. The van der Waals surface area contributed by atoms with Crippen LogP contribution in [0.4, 0.5) is 27.6 Å². The minimum atomic E-state index is -4.84. The van der Waals surface area contributed by atoms with Crippen LogP contribution in [0.25, 0.3) is 0 Å². The Morgan fingerprint density at radius 1 is 1.33 bits per heavy atom. The molecule has 0 saturated heterocycles. The smallest absolute Gasteiger partial charge is 0.425 e. The number of aliphatic imine (C=N–C) groups is 1. The van der Waals surface area contributed by atoms with Crippen LogP contribution in [0.15, 0.2) is 29.5 Å². The fraction of sp³-hybridized carbons (Fsp3) is 0.400. The SMILES string of the molecule is COc1cnc(C(=O)Nc2cc(C)c(F)c([C@]3(CCF)C[C@@H](C(F)(F)F)OC(N)=N3)c2)cn1. The van der Waals surface area contributed by atoms with E-state index in [1.165, 1.54) is 26.3 Å². The summed E-state index contributed by atoms with van der Waals surface area (Å²) in [5.74, 6) is -1.44. The summed E-state index contributed by atoms with van der Waals surface area (Å²) in [7, 11) is 1.37. The highest BCUT2D eigenvalue weighted by molar-refractivity contribution is 6.02. The van der Waals surface area contributed by atoms with Gasteiger partial charge < -0.3 is 20.5 Å². The maximum atomic E-state index is 15.1. The number of ether oxygens (including phenoxy) is 2. The first kappa shape index (κ1) is 24.1. The summed E-state index contributed by atoms with van der Waals surface area (Å²) < 4.78 is 78.2. The average Bonchev–Trinajstić information content (AvgIpc) is 2.75. The molecule has 0 radical (unpaired) electrons. The van der Waals surface area contributed by atoms with E-state index in [0.29, 0.717) is 0 Å². The number of nitrogens with zero attached hydrogens (tertiary/aromatic N) is 3. The Kier molecular flexibility index (Phi) is 6.70. The van der Waals surface area contributed by atoms with Crippen molar-refractivity contribution in [2.24, 2.45) is 10.7 Å². The van der Waals surface area contributed by atoms with Gasteiger partial charge in [0, 0.05) is 24.1 Å². The van der Waals surface area contributed by atoms with Gasteiger partial charge in [-0.1, -0.05) is 0 Å². The molecule has 0 aliphatic carbocycles. The molecule has 0 unspecified atom stereocenters. The maximum Gasteiger partial charge on any atom is 0.425 e. The molecule has 2 aromatic rings. The van der Waals surface area contributed by atoms with Crippen LogP contribution in [-0.4, -0.2) is 48.0 Å². The van der Waals surface area contributed by atoms with E-state index < -0.39 is 55.1 Å². The van der Waals surface area contributed by atoms with Gasteiger partial charge in [-0.25, -0.2) is 19.4 Å². The molecule has 2 atom stereocenters. The van der Waals surface area contributed by atoms with Gasteiger partial charge in [0.2, 0.25) is 5.88 Å². The Hall–Kier alpha value is -3.51. The van der Waals surface area contributed by atoms with Crippen LogP contribution in [-0.2, 0) is 10.3 Å². The second-order valence-corrected chi connectivity index (χ2v) is 7.33. The van der Waals surface area contributed by atoms with Crippen molar-refractivity contribution in [2.45, 2.75) is 37.6 Å². The molecule has 1 aromatic heterocycles. The number of halogens is 5. The standard InChI is InChI=1S/C20H20F5N5O3/c1-10-5-11(29-17(31)13-8-28-15(32-2)9-27-13)6-12(16(10)22)19(3-4-21)7-14(20(23,24)25)33-18(26)30-19/h5-6,8-9,14H,3-4,7H2,1-2H3,(H2,26,30)(H,29,31)/t14-,19-/m0/s1. The van der Waals surface area contributed by atoms with Crippen LogP contribution in [0.3, 0.4) is 0 Å². The highest BCUT2D eigenvalue weighted by atomic mass is 19.4. The molecule has 0 fully saturated rings. The lowest BCUT2D eigenvalue weighted by Gasteiger charge is -2.38. The van der Waals surface area contributed by atoms with Crippen molar-refractivity contribution in [3.63, 3.8) is 0 Å². The van der Waals surface area contributed by atoms with Crippen molar-refractivity contribution in [2.75, 3.05) is 19.1 Å². The molecule has 3 rings (SSSR count). The van der Waals surface area contributed by atoms with Crippen LogP contribution in [0.5, 0.6) is 5.88 Å². The van der Waals surface area contributed by atoms with Gasteiger partial charge in [-0.2, -0.15) is 13.2 Å². The quantitative estimate of drug-likeness (QED) is 0.622. The fourth-order valence-electron chi connectivity index (χ4n) is 3.49. The van der Waals surface area contributed by atoms with E-state index >= 15 is 4.39 Å². The zero-order chi connectivity index (χ0) is 24.4. The Morgan fingerprint density at radius 2 is 2.06 bits per heavy atom. The molecule has 1 aromatic carbocycles. The molecular formula is C20H20F5N5O3. The molecule has 0 bridgehead atoms. The summed E-state index contributed by atoms with van der Waals surface area (Å²) in [5.41, 5.74) is 3.05. The van der Waals surface area contributed by atoms with Gasteiger partial charge in [-0.15, -0.1) is 0 Å². The Labute approximate surface area is 185 Å². The average molecular weight is 473 g/mol. The lowest BCUT2D eigenvalue weighted by molar-refractivity contribution is -0.209. The number of aryl methyl sites for hydroxylation is 1. The molecule has 2 heterocycles. The molecule has 33 heavy (non-hydrogen) atoms. The van der Waals surface area contributed by atoms with Crippen molar-refractivity contribution in [1.29, 1.82) is 0 Å². The van der Waals surface area contributed by atoms with Gasteiger partial charge in [0.15, 0.2) is 6.10 Å². The molecule has 178 valence electrons. The van der Waals surface area contributed by atoms with E-state index in [2.05, 4.69) is 25.0 Å². The third-order valence-corrected chi connectivity index (χ3v) is 5.07. The second kappa shape index (κ2) is 9.16. The number of amides is 1. The van der Waals surface area contributed by atoms with Crippen LogP contribution in [0.2, 0.25) is 0 Å². The van der Waals surface area contributed by atoms with Gasteiger partial charge in [-0.05, 0) is 24.6 Å². The number of benzene rings is 1. The first-order chi connectivity index (χ1) is 15.5. The first-order valence-corrected chi connectivity index (χ1v) is 9.62. The molecule has 13 heteroatoms. The highest BCUT2D eigenvalue weighted by Crippen LogP contribution is 2.44. The summed E-state index contributed by atoms with van der Waals surface area (Å²) in [5, 5.41) is 2.48. The number of amidine groups is 1. The number of methoxy groups -OCH3 is 1. The number of carbonyl (C=O) groups is 1. The molecule has 0 spiro atoms. The van der Waals surface area contributed by atoms with Crippen molar-refractivity contribution in [3.05, 3.63) is 47.2 Å². The summed E-state index contributed by atoms with van der Waals surface area (Å²) in [6.07, 6.45) is -6.36. The molecule has 0 saturated carbocycles. The van der Waals surface area contributed by atoms with E-state index in [1.807, 2.05) is 0 Å². The van der Waals surface area contributed by atoms with Gasteiger partial charge >= 0.3 is 6.18 Å². The summed E-state index contributed by atoms with van der Waals surface area (Å²) in [6, 6.07) is 1.53. The van der Waals surface area contributed by atoms with Gasteiger partial charge in [0.05, 0.1) is 26.2 Å². The largest absolute Gasteiger partial charge is 0.480 e. The highest BCUT2D eigenvalue weighted by Gasteiger charge is 2.51. The van der Waals surface area contributed by atoms with E-state index in [9.17, 15) is 22.4 Å². The summed E-state index contributed by atoms with van der Waals surface area (Å²) >= 11 is 0. The third-order valence-electron chi connectivity index (χ3n) is 5.07. The normalized spacial score (nSPS) is 20.6.